The van der Waals surface area contributed by atoms with E-state index in [0.717, 1.165) is 0 Å². The summed E-state index contributed by atoms with van der Waals surface area (Å²) in [5.41, 5.74) is 0. The van der Waals surface area contributed by atoms with E-state index in [1.807, 2.05) is 0 Å². The van der Waals surface area contributed by atoms with E-state index < -0.39 is 27.9 Å². The topological polar surface area (TPSA) is 103 Å². The van der Waals surface area contributed by atoms with Crippen molar-refractivity contribution in [1.29, 1.82) is 0 Å². The maximum atomic E-state index is 9.74. The maximum absolute atomic E-state index is 9.74. The fourth-order valence-electron chi connectivity index (χ4n) is 0.204. The fourth-order valence-corrected chi connectivity index (χ4v) is 1.84. The molecule has 0 aromatic rings. The third kappa shape index (κ3) is 23.2. The zero-order valence-electron chi connectivity index (χ0n) is 7.35. The maximum Gasteiger partial charge on any atom is 1.00 e. The third-order valence-corrected chi connectivity index (χ3v) is 2.27. The van der Waals surface area contributed by atoms with E-state index in [-0.39, 0.29) is 88.7 Å². The summed E-state index contributed by atoms with van der Waals surface area (Å²) in [6, 6.07) is 0. The Bertz CT molecular complexity index is 157. The summed E-state index contributed by atoms with van der Waals surface area (Å²) in [6.07, 6.45) is -1.37. The van der Waals surface area contributed by atoms with Gasteiger partial charge in [0.25, 0.3) is 0 Å². The summed E-state index contributed by atoms with van der Waals surface area (Å²) in [4.78, 5) is 29.2. The van der Waals surface area contributed by atoms with E-state index >= 15 is 0 Å². The average molecular weight is 239 g/mol. The van der Waals surface area contributed by atoms with E-state index in [1.54, 1.807) is 0 Å². The van der Waals surface area contributed by atoms with Crippen molar-refractivity contribution in [2.75, 3.05) is 12.3 Å². The molecule has 0 aromatic carbocycles. The average Bonchev–Trinajstić information content (AvgIpc) is 1.59. The zero-order chi connectivity index (χ0) is 7.49. The monoisotopic (exact) mass is 239 g/mol. The summed E-state index contributed by atoms with van der Waals surface area (Å²) < 4.78 is 19.4. The van der Waals surface area contributed by atoms with Crippen LogP contribution in [-0.4, -0.2) is 12.3 Å². The summed E-state index contributed by atoms with van der Waals surface area (Å²) in [6.45, 7) is 0. The summed E-state index contributed by atoms with van der Waals surface area (Å²) in [7, 11) is -7.34. The van der Waals surface area contributed by atoms with Crippen LogP contribution in [0.15, 0.2) is 0 Å². The molecule has 12 heavy (non-hydrogen) atoms. The molecule has 0 rings (SSSR count). The molecule has 0 spiro atoms. The molecule has 1 atom stereocenters. The standard InChI is InChI=1S/C2H6O5P2.3Na/c3-8(4)1-2-9(5,6)7;;;/h1-2H2,(H2,5,6,7);;;/q;3*+1/p-2. The quantitative estimate of drug-likeness (QED) is 0.359. The van der Waals surface area contributed by atoms with Crippen molar-refractivity contribution in [3.8, 4) is 0 Å². The largest absolute Gasteiger partial charge is 1.00 e. The molecule has 54 valence electrons. The van der Waals surface area contributed by atoms with E-state index in [2.05, 4.69) is 0 Å². The van der Waals surface area contributed by atoms with Gasteiger partial charge in [-0.15, -0.1) is 0 Å². The Morgan fingerprint density at radius 2 is 1.50 bits per heavy atom. The van der Waals surface area contributed by atoms with Gasteiger partial charge in [-0.1, -0.05) is 12.2 Å². The summed E-state index contributed by atoms with van der Waals surface area (Å²) in [5, 5.41) is 0. The fraction of sp³-hybridized carbons (Fsp3) is 1.00. The Hall–Kier alpha value is 3.21. The van der Waals surface area contributed by atoms with Crippen LogP contribution in [0.2, 0.25) is 0 Å². The molecule has 0 N–H and O–H groups in total. The van der Waals surface area contributed by atoms with Gasteiger partial charge in [0.1, 0.15) is 6.16 Å². The van der Waals surface area contributed by atoms with E-state index in [4.69, 9.17) is 0 Å². The van der Waals surface area contributed by atoms with Crippen molar-refractivity contribution in [2.24, 2.45) is 0 Å². The first-order valence-electron chi connectivity index (χ1n) is 2.05. The first-order chi connectivity index (χ1) is 3.92. The summed E-state index contributed by atoms with van der Waals surface area (Å²) >= 11 is 0. The van der Waals surface area contributed by atoms with Crippen LogP contribution in [0.25, 0.3) is 0 Å². The smallest absolute Gasteiger partial charge is 0.811 e. The second kappa shape index (κ2) is 12.3. The SMILES string of the molecule is O=[P+]([O-])CCP(=O)([O-])[O-].[Na+].[Na+].[Na+]. The Kier molecular flexibility index (Phi) is 25.0. The van der Waals surface area contributed by atoms with Crippen molar-refractivity contribution < 1.29 is 112 Å². The van der Waals surface area contributed by atoms with Crippen LogP contribution in [0.4, 0.5) is 0 Å². The zero-order valence-corrected chi connectivity index (χ0v) is 15.1. The second-order valence-corrected chi connectivity index (χ2v) is 4.17. The molecule has 0 bridgehead atoms. The molecule has 0 aliphatic rings. The van der Waals surface area contributed by atoms with Gasteiger partial charge in [0, 0.05) is 6.16 Å². The van der Waals surface area contributed by atoms with Gasteiger partial charge in [0.2, 0.25) is 0 Å². The van der Waals surface area contributed by atoms with Crippen molar-refractivity contribution in [1.82, 2.24) is 0 Å². The van der Waals surface area contributed by atoms with Gasteiger partial charge in [0.15, 0.2) is 0 Å². The predicted molar refractivity (Wildman–Crippen MR) is 24.9 cm³/mol. The third-order valence-electron chi connectivity index (χ3n) is 0.556. The molecule has 10 heteroatoms. The minimum absolute atomic E-state index is 0. The molecule has 0 aliphatic carbocycles. The number of rotatable bonds is 3. The molecule has 0 fully saturated rings. The molecule has 1 unspecified atom stereocenters. The Morgan fingerprint density at radius 3 is 1.58 bits per heavy atom. The first-order valence-corrected chi connectivity index (χ1v) is 5.14. The van der Waals surface area contributed by atoms with Crippen molar-refractivity contribution in [3.63, 3.8) is 0 Å². The van der Waals surface area contributed by atoms with Crippen LogP contribution in [0.1, 0.15) is 0 Å². The van der Waals surface area contributed by atoms with Crippen LogP contribution in [0.5, 0.6) is 0 Å². The van der Waals surface area contributed by atoms with Gasteiger partial charge < -0.3 is 19.2 Å². The van der Waals surface area contributed by atoms with E-state index in [0.29, 0.717) is 0 Å². The Morgan fingerprint density at radius 1 is 1.17 bits per heavy atom. The molecule has 0 aliphatic heterocycles. The first kappa shape index (κ1) is 24.4. The van der Waals surface area contributed by atoms with Gasteiger partial charge >= 0.3 is 96.7 Å². The molecule has 0 aromatic heterocycles. The number of hydrogen-bond acceptors (Lipinski definition) is 5. The minimum Gasteiger partial charge on any atom is -0.811 e. The van der Waals surface area contributed by atoms with E-state index in [9.17, 15) is 23.8 Å². The van der Waals surface area contributed by atoms with Gasteiger partial charge in [-0.2, -0.15) is 0 Å². The molecular formula is C2H4Na3O5P2+. The number of hydrogen-bond donors (Lipinski definition) is 0. The van der Waals surface area contributed by atoms with Crippen molar-refractivity contribution >= 4 is 15.6 Å². The predicted octanol–water partition coefficient (Wildman–Crippen LogP) is -11.0. The van der Waals surface area contributed by atoms with Crippen LogP contribution < -0.4 is 103 Å². The van der Waals surface area contributed by atoms with Gasteiger partial charge in [-0.3, -0.25) is 0 Å². The van der Waals surface area contributed by atoms with Crippen LogP contribution >= 0.6 is 15.6 Å². The molecule has 0 saturated heterocycles. The second-order valence-electron chi connectivity index (χ2n) is 1.39. The molecule has 0 amide bonds. The molecule has 5 nitrogen and oxygen atoms in total. The van der Waals surface area contributed by atoms with Crippen LogP contribution in [0, 0.1) is 0 Å². The van der Waals surface area contributed by atoms with Crippen LogP contribution in [-0.2, 0) is 9.13 Å². The van der Waals surface area contributed by atoms with Crippen molar-refractivity contribution in [2.45, 2.75) is 0 Å². The Labute approximate surface area is 138 Å². The van der Waals surface area contributed by atoms with Crippen LogP contribution in [0.3, 0.4) is 0 Å². The molecule has 0 saturated carbocycles. The summed E-state index contributed by atoms with van der Waals surface area (Å²) in [5.74, 6) is 0. The normalized spacial score (nSPS) is 10.1. The van der Waals surface area contributed by atoms with Crippen molar-refractivity contribution in [3.05, 3.63) is 0 Å². The molecule has 0 radical (unpaired) electrons. The minimum atomic E-state index is -4.60. The van der Waals surface area contributed by atoms with Gasteiger partial charge in [-0.05, 0) is 0 Å². The van der Waals surface area contributed by atoms with Gasteiger partial charge in [-0.25, -0.2) is 0 Å². The van der Waals surface area contributed by atoms with E-state index in [1.165, 1.54) is 0 Å². The van der Waals surface area contributed by atoms with Gasteiger partial charge in [0.05, 0.1) is 0 Å². The molecule has 0 heterocycles. The Balaban J connectivity index is -0.000000107. The molecular weight excluding hydrogens is 235 g/mol.